The maximum absolute atomic E-state index is 9.24. The normalized spacial score (nSPS) is 19.5. The van der Waals surface area contributed by atoms with Gasteiger partial charge in [0.2, 0.25) is 0 Å². The molecule has 1 saturated heterocycles. The van der Waals surface area contributed by atoms with Crippen molar-refractivity contribution in [3.8, 4) is 6.07 Å². The van der Waals surface area contributed by atoms with Gasteiger partial charge in [0.1, 0.15) is 6.04 Å². The van der Waals surface area contributed by atoms with Gasteiger partial charge in [0.15, 0.2) is 0 Å². The summed E-state index contributed by atoms with van der Waals surface area (Å²) in [5.74, 6) is 0.407. The molecular formula is C14H20BrN3S. The highest BCUT2D eigenvalue weighted by atomic mass is 79.9. The lowest BCUT2D eigenvalue weighted by molar-refractivity contribution is 0.0947. The maximum Gasteiger partial charge on any atom is 0.100 e. The number of rotatable bonds is 4. The summed E-state index contributed by atoms with van der Waals surface area (Å²) in [6.45, 7) is 9.41. The minimum atomic E-state index is 0.0676. The van der Waals surface area contributed by atoms with Crippen molar-refractivity contribution in [2.75, 3.05) is 26.2 Å². The van der Waals surface area contributed by atoms with Crippen molar-refractivity contribution < 1.29 is 0 Å². The average Bonchev–Trinajstić information content (AvgIpc) is 2.77. The van der Waals surface area contributed by atoms with Crippen LogP contribution in [0.4, 0.5) is 0 Å². The highest BCUT2D eigenvalue weighted by molar-refractivity contribution is 9.11. The first-order valence-electron chi connectivity index (χ1n) is 6.70. The fourth-order valence-corrected chi connectivity index (χ4v) is 4.03. The van der Waals surface area contributed by atoms with Crippen LogP contribution >= 0.6 is 27.3 Å². The largest absolute Gasteiger partial charge is 0.296 e. The molecule has 1 fully saturated rings. The summed E-state index contributed by atoms with van der Waals surface area (Å²) in [5, 5.41) is 9.24. The minimum absolute atomic E-state index is 0.0676. The van der Waals surface area contributed by atoms with E-state index in [1.807, 2.05) is 0 Å². The predicted molar refractivity (Wildman–Crippen MR) is 83.1 cm³/mol. The molecule has 0 radical (unpaired) electrons. The third-order valence-electron chi connectivity index (χ3n) is 3.57. The number of hydrogen-bond acceptors (Lipinski definition) is 4. The van der Waals surface area contributed by atoms with Crippen LogP contribution in [0.25, 0.3) is 0 Å². The van der Waals surface area contributed by atoms with Crippen molar-refractivity contribution in [3.63, 3.8) is 0 Å². The van der Waals surface area contributed by atoms with Crippen molar-refractivity contribution in [2.24, 2.45) is 5.92 Å². The lowest BCUT2D eigenvalue weighted by Gasteiger charge is -2.37. The first-order chi connectivity index (χ1) is 9.10. The van der Waals surface area contributed by atoms with Crippen LogP contribution in [0.3, 0.4) is 0 Å². The first kappa shape index (κ1) is 15.0. The Kier molecular flexibility index (Phi) is 5.40. The van der Waals surface area contributed by atoms with Crippen molar-refractivity contribution in [1.29, 1.82) is 5.26 Å². The number of halogens is 1. The Balaban J connectivity index is 1.84. The zero-order chi connectivity index (χ0) is 13.8. The van der Waals surface area contributed by atoms with Gasteiger partial charge in [0.25, 0.3) is 0 Å². The van der Waals surface area contributed by atoms with E-state index in [9.17, 15) is 5.26 Å². The third-order valence-corrected chi connectivity index (χ3v) is 5.18. The topological polar surface area (TPSA) is 30.3 Å². The average molecular weight is 342 g/mol. The molecule has 2 heterocycles. The monoisotopic (exact) mass is 341 g/mol. The Bertz CT molecular complexity index is 444. The molecule has 0 spiro atoms. The SMILES string of the molecule is CC(C)[C@H](C#N)N1CCN(Cc2ccc(Br)s2)CC1. The van der Waals surface area contributed by atoms with Gasteiger partial charge < -0.3 is 0 Å². The second-order valence-corrected chi connectivity index (χ2v) is 7.88. The molecule has 0 aliphatic carbocycles. The Labute approximate surface area is 127 Å². The van der Waals surface area contributed by atoms with Crippen LogP contribution in [-0.4, -0.2) is 42.0 Å². The van der Waals surface area contributed by atoms with Crippen LogP contribution in [0.15, 0.2) is 15.9 Å². The van der Waals surface area contributed by atoms with Gasteiger partial charge >= 0.3 is 0 Å². The molecule has 2 rings (SSSR count). The first-order valence-corrected chi connectivity index (χ1v) is 8.31. The zero-order valence-electron chi connectivity index (χ0n) is 11.5. The lowest BCUT2D eigenvalue weighted by Crippen LogP contribution is -2.50. The number of hydrogen-bond donors (Lipinski definition) is 0. The van der Waals surface area contributed by atoms with Gasteiger partial charge in [-0.25, -0.2) is 0 Å². The molecular weight excluding hydrogens is 322 g/mol. The van der Waals surface area contributed by atoms with Crippen LogP contribution in [0.2, 0.25) is 0 Å². The number of nitrogens with zero attached hydrogens (tertiary/aromatic N) is 3. The second-order valence-electron chi connectivity index (χ2n) is 5.34. The highest BCUT2D eigenvalue weighted by Gasteiger charge is 2.25. The molecule has 0 aromatic carbocycles. The summed E-state index contributed by atoms with van der Waals surface area (Å²) < 4.78 is 1.20. The van der Waals surface area contributed by atoms with Crippen LogP contribution in [-0.2, 0) is 6.54 Å². The van der Waals surface area contributed by atoms with Gasteiger partial charge in [-0.1, -0.05) is 13.8 Å². The van der Waals surface area contributed by atoms with Crippen molar-refractivity contribution in [2.45, 2.75) is 26.4 Å². The number of piperazine rings is 1. The van der Waals surface area contributed by atoms with Gasteiger partial charge in [-0.2, -0.15) is 5.26 Å². The second kappa shape index (κ2) is 6.85. The zero-order valence-corrected chi connectivity index (χ0v) is 13.9. The summed E-state index contributed by atoms with van der Waals surface area (Å²) in [7, 11) is 0. The molecule has 0 unspecified atom stereocenters. The van der Waals surface area contributed by atoms with E-state index in [0.717, 1.165) is 32.7 Å². The summed E-state index contributed by atoms with van der Waals surface area (Å²) in [6, 6.07) is 6.81. The van der Waals surface area contributed by atoms with Crippen LogP contribution in [0.5, 0.6) is 0 Å². The molecule has 5 heteroatoms. The van der Waals surface area contributed by atoms with E-state index in [2.05, 4.69) is 57.8 Å². The summed E-state index contributed by atoms with van der Waals surface area (Å²) in [5.41, 5.74) is 0. The molecule has 0 saturated carbocycles. The molecule has 1 aliphatic rings. The van der Waals surface area contributed by atoms with Gasteiger partial charge in [-0.15, -0.1) is 11.3 Å². The van der Waals surface area contributed by atoms with E-state index in [1.165, 1.54) is 8.66 Å². The molecule has 104 valence electrons. The Morgan fingerprint density at radius 2 is 2.00 bits per heavy atom. The van der Waals surface area contributed by atoms with E-state index in [4.69, 9.17) is 0 Å². The molecule has 0 N–H and O–H groups in total. The van der Waals surface area contributed by atoms with Gasteiger partial charge in [-0.3, -0.25) is 9.80 Å². The quantitative estimate of drug-likeness (QED) is 0.842. The van der Waals surface area contributed by atoms with Crippen LogP contribution in [0, 0.1) is 17.2 Å². The smallest absolute Gasteiger partial charge is 0.100 e. The molecule has 1 aromatic heterocycles. The van der Waals surface area contributed by atoms with E-state index < -0.39 is 0 Å². The fraction of sp³-hybridized carbons (Fsp3) is 0.643. The Morgan fingerprint density at radius 3 is 2.47 bits per heavy atom. The predicted octanol–water partition coefficient (Wildman–Crippen LogP) is 3.18. The van der Waals surface area contributed by atoms with E-state index in [0.29, 0.717) is 5.92 Å². The Morgan fingerprint density at radius 1 is 1.32 bits per heavy atom. The van der Waals surface area contributed by atoms with Gasteiger partial charge in [-0.05, 0) is 34.0 Å². The molecule has 0 amide bonds. The summed E-state index contributed by atoms with van der Waals surface area (Å²) >= 11 is 5.31. The van der Waals surface area contributed by atoms with Crippen molar-refractivity contribution in [1.82, 2.24) is 9.80 Å². The number of thiophene rings is 1. The molecule has 0 bridgehead atoms. The van der Waals surface area contributed by atoms with Crippen molar-refractivity contribution in [3.05, 3.63) is 20.8 Å². The summed E-state index contributed by atoms with van der Waals surface area (Å²) in [4.78, 5) is 6.20. The standard InChI is InChI=1S/C14H20BrN3S/c1-11(2)13(9-16)18-7-5-17(6-8-18)10-12-3-4-14(15)19-12/h3-4,11,13H,5-8,10H2,1-2H3/t13-/m0/s1. The fourth-order valence-electron chi connectivity index (χ4n) is 2.51. The number of nitriles is 1. The minimum Gasteiger partial charge on any atom is -0.296 e. The summed E-state index contributed by atoms with van der Waals surface area (Å²) in [6.07, 6.45) is 0. The van der Waals surface area contributed by atoms with E-state index in [-0.39, 0.29) is 6.04 Å². The van der Waals surface area contributed by atoms with E-state index in [1.54, 1.807) is 11.3 Å². The maximum atomic E-state index is 9.24. The lowest BCUT2D eigenvalue weighted by atomic mass is 10.0. The molecule has 1 atom stereocenters. The van der Waals surface area contributed by atoms with Gasteiger partial charge in [0, 0.05) is 37.6 Å². The van der Waals surface area contributed by atoms with Crippen LogP contribution in [0.1, 0.15) is 18.7 Å². The van der Waals surface area contributed by atoms with E-state index >= 15 is 0 Å². The molecule has 1 aliphatic heterocycles. The highest BCUT2D eigenvalue weighted by Crippen LogP contribution is 2.24. The molecule has 1 aromatic rings. The van der Waals surface area contributed by atoms with Crippen molar-refractivity contribution >= 4 is 27.3 Å². The Hall–Kier alpha value is -0.410. The molecule has 19 heavy (non-hydrogen) atoms. The third kappa shape index (κ3) is 4.03. The van der Waals surface area contributed by atoms with Crippen LogP contribution < -0.4 is 0 Å². The van der Waals surface area contributed by atoms with Gasteiger partial charge in [0.05, 0.1) is 9.86 Å². The molecule has 3 nitrogen and oxygen atoms in total.